The number of rotatable bonds is 4. The normalized spacial score (nSPS) is 57.7. The van der Waals surface area contributed by atoms with E-state index in [1.54, 1.807) is 13.0 Å². The first-order chi connectivity index (χ1) is 17.7. The topological polar surface area (TPSA) is 89.9 Å². The van der Waals surface area contributed by atoms with Gasteiger partial charge in [0, 0.05) is 26.3 Å². The van der Waals surface area contributed by atoms with Crippen molar-refractivity contribution in [2.75, 3.05) is 0 Å². The van der Waals surface area contributed by atoms with Crippen LogP contribution in [0.1, 0.15) is 70.1 Å². The average molecular weight is 437 g/mol. The monoisotopic (exact) mass is 436 g/mol. The van der Waals surface area contributed by atoms with Crippen LogP contribution in [-0.4, -0.2) is 47.0 Å². The zero-order valence-electron chi connectivity index (χ0n) is 25.5. The maximum absolute atomic E-state index is 13.4. The zero-order chi connectivity index (χ0) is 29.2. The number of fused-ring (bicyclic) bond motifs is 7. The molecule has 0 aromatic rings. The number of ketones is 2. The summed E-state index contributed by atoms with van der Waals surface area (Å²) < 4.78 is 75.6. The highest BCUT2D eigenvalue weighted by molar-refractivity contribution is 6.29. The summed E-state index contributed by atoms with van der Waals surface area (Å²) in [4.78, 5) is 37.4. The van der Waals surface area contributed by atoms with Gasteiger partial charge in [0.05, 0.1) is 13.6 Å². The Morgan fingerprint density at radius 2 is 2.29 bits per heavy atom. The lowest BCUT2D eigenvalue weighted by Gasteiger charge is -2.59. The van der Waals surface area contributed by atoms with Crippen molar-refractivity contribution in [1.82, 2.24) is 0 Å². The molecule has 4 fully saturated rings. The number of carbonyl (C=O) groups is 3. The smallest absolute Gasteiger partial charge is 0.230 e. The fourth-order valence-electron chi connectivity index (χ4n) is 7.60. The van der Waals surface area contributed by atoms with Crippen LogP contribution in [-0.2, 0) is 23.9 Å². The lowest BCUT2D eigenvalue weighted by Crippen LogP contribution is -2.63. The van der Waals surface area contributed by atoms with Crippen molar-refractivity contribution in [3.05, 3.63) is 23.8 Å². The highest BCUT2D eigenvalue weighted by Gasteiger charge is 2.75. The zero-order valence-corrected chi connectivity index (χ0v) is 17.5. The van der Waals surface area contributed by atoms with Crippen LogP contribution >= 0.6 is 0 Å². The average Bonchev–Trinajstić information content (AvgIpc) is 3.26. The maximum Gasteiger partial charge on any atom is 0.230 e. The molecule has 1 saturated heterocycles. The molecule has 1 unspecified atom stereocenters. The molecule has 9 atom stereocenters. The third-order valence-electron chi connectivity index (χ3n) is 8.80. The molecule has 6 heteroatoms. The molecule has 1 heterocycles. The van der Waals surface area contributed by atoms with Crippen LogP contribution in [0.2, 0.25) is 0 Å². The van der Waals surface area contributed by atoms with E-state index in [0.717, 1.165) is 5.57 Å². The minimum absolute atomic E-state index is 0.000677. The second-order valence-corrected chi connectivity index (χ2v) is 9.91. The summed E-state index contributed by atoms with van der Waals surface area (Å²) >= 11 is 0. The number of carbonyl (C=O) groups excluding carboxylic acids is 3. The van der Waals surface area contributed by atoms with E-state index in [9.17, 15) is 19.5 Å². The van der Waals surface area contributed by atoms with Crippen LogP contribution < -0.4 is 0 Å². The molecule has 0 radical (unpaired) electrons. The Balaban J connectivity index is 1.59. The molecule has 5 rings (SSSR count). The molecule has 1 N–H and O–H groups in total. The molecule has 5 aliphatic rings. The van der Waals surface area contributed by atoms with Gasteiger partial charge in [0.25, 0.3) is 0 Å². The Bertz CT molecular complexity index is 1200. The summed E-state index contributed by atoms with van der Waals surface area (Å²) in [5.41, 5.74) is -3.27. The Labute approximate surface area is 194 Å². The molecule has 6 nitrogen and oxygen atoms in total. The van der Waals surface area contributed by atoms with Crippen molar-refractivity contribution in [2.24, 2.45) is 28.6 Å². The Morgan fingerprint density at radius 1 is 1.48 bits per heavy atom. The van der Waals surface area contributed by atoms with Crippen LogP contribution in [0.4, 0.5) is 0 Å². The van der Waals surface area contributed by atoms with Crippen LogP contribution in [0.3, 0.4) is 0 Å². The van der Waals surface area contributed by atoms with Gasteiger partial charge in [-0.3, -0.25) is 14.4 Å². The predicted molar refractivity (Wildman–Crippen MR) is 112 cm³/mol. The first-order valence-corrected chi connectivity index (χ1v) is 10.7. The van der Waals surface area contributed by atoms with E-state index in [-0.39, 0.29) is 42.7 Å². The lowest BCUT2D eigenvalue weighted by atomic mass is 9.46. The van der Waals surface area contributed by atoms with E-state index in [0.29, 0.717) is 12.8 Å². The summed E-state index contributed by atoms with van der Waals surface area (Å²) in [6, 6.07) is 0. The van der Waals surface area contributed by atoms with Crippen LogP contribution in [0.5, 0.6) is 0 Å². The maximum atomic E-state index is 13.4. The Hall–Kier alpha value is -1.63. The van der Waals surface area contributed by atoms with Crippen LogP contribution in [0, 0.1) is 28.6 Å². The second kappa shape index (κ2) is 6.93. The third kappa shape index (κ3) is 2.58. The molecular weight excluding hydrogens is 396 g/mol. The lowest BCUT2D eigenvalue weighted by molar-refractivity contribution is -0.198. The first kappa shape index (κ1) is 13.8. The minimum Gasteiger partial charge on any atom is -0.393 e. The van der Waals surface area contributed by atoms with Crippen molar-refractivity contribution in [2.45, 2.75) is 83.2 Å². The molecule has 0 aromatic heterocycles. The third-order valence-corrected chi connectivity index (χ3v) is 8.80. The number of ether oxygens (including phenoxy) is 2. The summed E-state index contributed by atoms with van der Waals surface area (Å²) in [5, 5.41) is 11.6. The van der Waals surface area contributed by atoms with Crippen molar-refractivity contribution >= 4 is 17.9 Å². The molecule has 0 spiro atoms. The summed E-state index contributed by atoms with van der Waals surface area (Å²) in [6.07, 6.45) is -6.88. The minimum atomic E-state index is -3.62. The molecular formula is C25H32O6. The number of aliphatic hydroxyl groups excluding tert-OH is 1. The molecule has 4 aliphatic carbocycles. The highest BCUT2D eigenvalue weighted by atomic mass is 16.7. The van der Waals surface area contributed by atoms with E-state index < -0.39 is 60.3 Å². The van der Waals surface area contributed by atoms with E-state index in [2.05, 4.69) is 0 Å². The number of allylic oxidation sites excluding steroid dienone is 4. The molecule has 0 bridgehead atoms. The molecule has 3 saturated carbocycles. The summed E-state index contributed by atoms with van der Waals surface area (Å²) in [6.45, 7) is 0.0878. The molecule has 168 valence electrons. The molecule has 0 amide bonds. The summed E-state index contributed by atoms with van der Waals surface area (Å²) in [5.74, 6) is -2.17. The van der Waals surface area contributed by atoms with E-state index >= 15 is 0 Å². The SMILES string of the molecule is [2H]C([2H])([2H])C([2H])([2H])C([2H])([2H])C1([2H])O[C@H]2C[C@H]3[C@@H]4CCC5=CC(=O)C=C[C@]5(C)[C@H]4[C@@H](O)C[C@]3(C)[C@]2(C(=O)C=O)O1. The van der Waals surface area contributed by atoms with Crippen molar-refractivity contribution < 1.29 is 39.9 Å². The fraction of sp³-hybridized carbons (Fsp3) is 0.720. The summed E-state index contributed by atoms with van der Waals surface area (Å²) in [7, 11) is 0. The van der Waals surface area contributed by atoms with E-state index in [1.807, 2.05) is 13.0 Å². The first-order valence-electron chi connectivity index (χ1n) is 14.7. The highest BCUT2D eigenvalue weighted by Crippen LogP contribution is 2.69. The number of hydrogen-bond donors (Lipinski definition) is 1. The van der Waals surface area contributed by atoms with Crippen LogP contribution in [0.15, 0.2) is 23.8 Å². The van der Waals surface area contributed by atoms with Gasteiger partial charge in [-0.15, -0.1) is 0 Å². The van der Waals surface area contributed by atoms with Crippen LogP contribution in [0.25, 0.3) is 0 Å². The number of aliphatic hydroxyl groups is 1. The number of aldehydes is 1. The van der Waals surface area contributed by atoms with Gasteiger partial charge in [-0.05, 0) is 56.0 Å². The molecule has 1 aliphatic heterocycles. The van der Waals surface area contributed by atoms with Gasteiger partial charge >= 0.3 is 0 Å². The van der Waals surface area contributed by atoms with Gasteiger partial charge in [-0.25, -0.2) is 0 Å². The number of Topliss-reactive ketones (excluding diaryl/α,β-unsaturated/α-hetero) is 1. The number of hydrogen-bond acceptors (Lipinski definition) is 6. The second-order valence-electron chi connectivity index (χ2n) is 9.91. The van der Waals surface area contributed by atoms with Crippen molar-refractivity contribution in [1.29, 1.82) is 0 Å². The van der Waals surface area contributed by atoms with Gasteiger partial charge < -0.3 is 14.6 Å². The van der Waals surface area contributed by atoms with Crippen molar-refractivity contribution in [3.63, 3.8) is 0 Å². The molecule has 0 aromatic carbocycles. The standard InChI is InChI=1S/C25H32O6/c1-4-5-21-30-20-11-17-16-7-6-14-10-15(27)8-9-23(14,2)22(16)18(28)12-24(17,3)25(20,31-21)19(29)13-26/h8-10,13,16-18,20-22,28H,4-7,11-12H2,1-3H3/t16-,17-,18-,20-,21?,22+,23-,24-,25+/m0/s1/i1D3,4D2,5D2,21D. The van der Waals surface area contributed by atoms with Gasteiger partial charge in [0.2, 0.25) is 5.78 Å². The van der Waals surface area contributed by atoms with Gasteiger partial charge in [-0.1, -0.05) is 38.7 Å². The van der Waals surface area contributed by atoms with E-state index in [1.165, 1.54) is 6.08 Å². The van der Waals surface area contributed by atoms with Crippen molar-refractivity contribution in [3.8, 4) is 0 Å². The largest absolute Gasteiger partial charge is 0.393 e. The van der Waals surface area contributed by atoms with Gasteiger partial charge in [0.1, 0.15) is 0 Å². The Kier molecular flexibility index (Phi) is 3.09. The quantitative estimate of drug-likeness (QED) is 0.538. The van der Waals surface area contributed by atoms with Gasteiger partial charge in [-0.2, -0.15) is 0 Å². The van der Waals surface area contributed by atoms with E-state index in [4.69, 9.17) is 20.4 Å². The molecule has 31 heavy (non-hydrogen) atoms. The van der Waals surface area contributed by atoms with Gasteiger partial charge in [0.15, 0.2) is 23.9 Å². The Morgan fingerprint density at radius 3 is 3.03 bits per heavy atom. The fourth-order valence-corrected chi connectivity index (χ4v) is 7.60. The predicted octanol–water partition coefficient (Wildman–Crippen LogP) is 2.92.